The molecule has 1 aliphatic carbocycles. The Labute approximate surface area is 145 Å². The average Bonchev–Trinajstić information content (AvgIpc) is 3.11. The van der Waals surface area contributed by atoms with Crippen molar-refractivity contribution in [3.8, 4) is 5.75 Å². The fraction of sp³-hybridized carbons (Fsp3) is 0.200. The summed E-state index contributed by atoms with van der Waals surface area (Å²) in [4.78, 5) is 27.0. The molecule has 3 aromatic rings. The van der Waals surface area contributed by atoms with Crippen LogP contribution in [0.3, 0.4) is 0 Å². The molecule has 0 aliphatic heterocycles. The molecule has 0 bridgehead atoms. The third-order valence-electron chi connectivity index (χ3n) is 4.50. The number of benzene rings is 2. The van der Waals surface area contributed by atoms with Crippen molar-refractivity contribution in [3.63, 3.8) is 0 Å². The lowest BCUT2D eigenvalue weighted by atomic mass is 10.1. The molecule has 0 radical (unpaired) electrons. The predicted molar refractivity (Wildman–Crippen MR) is 94.7 cm³/mol. The third kappa shape index (κ3) is 3.01. The number of esters is 1. The van der Waals surface area contributed by atoms with Gasteiger partial charge in [-0.1, -0.05) is 24.3 Å². The first-order valence-corrected chi connectivity index (χ1v) is 8.28. The van der Waals surface area contributed by atoms with Gasteiger partial charge >= 0.3 is 5.97 Å². The monoisotopic (exact) mass is 334 g/mol. The number of amides is 1. The van der Waals surface area contributed by atoms with Gasteiger partial charge in [-0.05, 0) is 36.2 Å². The van der Waals surface area contributed by atoms with E-state index in [0.717, 1.165) is 18.4 Å². The molecule has 1 aromatic heterocycles. The lowest BCUT2D eigenvalue weighted by molar-refractivity contribution is -0.131. The molecular formula is C20H18N2O3. The fourth-order valence-corrected chi connectivity index (χ4v) is 3.47. The minimum absolute atomic E-state index is 0.0655. The Hall–Kier alpha value is -3.08. The lowest BCUT2D eigenvalue weighted by Gasteiger charge is -2.13. The molecule has 1 amide bonds. The van der Waals surface area contributed by atoms with Crippen LogP contribution in [0.2, 0.25) is 0 Å². The second-order valence-electron chi connectivity index (χ2n) is 6.33. The zero-order valence-electron chi connectivity index (χ0n) is 13.8. The summed E-state index contributed by atoms with van der Waals surface area (Å²) >= 11 is 0. The largest absolute Gasteiger partial charge is 0.427 e. The van der Waals surface area contributed by atoms with Gasteiger partial charge in [-0.25, -0.2) is 0 Å². The summed E-state index contributed by atoms with van der Waals surface area (Å²) in [5.41, 5.74) is 4.11. The van der Waals surface area contributed by atoms with E-state index >= 15 is 0 Å². The Balaban J connectivity index is 1.48. The third-order valence-corrected chi connectivity index (χ3v) is 4.50. The van der Waals surface area contributed by atoms with Crippen LogP contribution in [0.15, 0.2) is 48.5 Å². The molecule has 0 spiro atoms. The zero-order valence-corrected chi connectivity index (χ0v) is 13.8. The maximum Gasteiger partial charge on any atom is 0.308 e. The molecule has 1 atom stereocenters. The molecular weight excluding hydrogens is 316 g/mol. The number of nitrogens with one attached hydrogen (secondary N) is 2. The number of carbonyl (C=O) groups excluding carboxylic acids is 2. The van der Waals surface area contributed by atoms with E-state index in [4.69, 9.17) is 4.74 Å². The summed E-state index contributed by atoms with van der Waals surface area (Å²) in [6, 6.07) is 15.0. The lowest BCUT2D eigenvalue weighted by Crippen LogP contribution is -2.35. The Bertz CT molecular complexity index is 974. The molecule has 1 unspecified atom stereocenters. The predicted octanol–water partition coefficient (Wildman–Crippen LogP) is 2.99. The van der Waals surface area contributed by atoms with Crippen molar-refractivity contribution in [1.29, 1.82) is 0 Å². The van der Waals surface area contributed by atoms with E-state index in [1.807, 2.05) is 12.1 Å². The molecule has 1 aliphatic rings. The Morgan fingerprint density at radius 2 is 1.96 bits per heavy atom. The van der Waals surface area contributed by atoms with Crippen LogP contribution < -0.4 is 10.1 Å². The highest BCUT2D eigenvalue weighted by molar-refractivity contribution is 5.95. The first kappa shape index (κ1) is 15.4. The van der Waals surface area contributed by atoms with E-state index in [0.29, 0.717) is 11.3 Å². The van der Waals surface area contributed by atoms with Crippen molar-refractivity contribution in [2.75, 3.05) is 0 Å². The summed E-state index contributed by atoms with van der Waals surface area (Å²) < 4.78 is 5.04. The van der Waals surface area contributed by atoms with Gasteiger partial charge in [0.05, 0.1) is 0 Å². The van der Waals surface area contributed by atoms with Gasteiger partial charge in [0, 0.05) is 41.5 Å². The van der Waals surface area contributed by atoms with Gasteiger partial charge in [0.15, 0.2) is 0 Å². The summed E-state index contributed by atoms with van der Waals surface area (Å²) in [6.45, 7) is 1.34. The van der Waals surface area contributed by atoms with E-state index in [2.05, 4.69) is 22.4 Å². The van der Waals surface area contributed by atoms with E-state index in [1.165, 1.54) is 23.6 Å². The molecule has 1 heterocycles. The molecule has 25 heavy (non-hydrogen) atoms. The molecule has 0 saturated carbocycles. The van der Waals surface area contributed by atoms with Gasteiger partial charge in [-0.3, -0.25) is 9.59 Å². The molecule has 2 aromatic carbocycles. The van der Waals surface area contributed by atoms with Crippen molar-refractivity contribution in [3.05, 3.63) is 65.4 Å². The van der Waals surface area contributed by atoms with E-state index < -0.39 is 5.97 Å². The zero-order chi connectivity index (χ0) is 17.4. The number of hydrogen-bond donors (Lipinski definition) is 2. The summed E-state index contributed by atoms with van der Waals surface area (Å²) in [7, 11) is 0. The average molecular weight is 334 g/mol. The minimum Gasteiger partial charge on any atom is -0.427 e. The van der Waals surface area contributed by atoms with Gasteiger partial charge in [0.1, 0.15) is 5.75 Å². The number of hydrogen-bond acceptors (Lipinski definition) is 3. The maximum absolute atomic E-state index is 12.5. The van der Waals surface area contributed by atoms with Crippen molar-refractivity contribution >= 4 is 22.8 Å². The second kappa shape index (κ2) is 6.09. The molecule has 126 valence electrons. The number of aromatic nitrogens is 1. The second-order valence-corrected chi connectivity index (χ2v) is 6.33. The smallest absolute Gasteiger partial charge is 0.308 e. The van der Waals surface area contributed by atoms with Crippen molar-refractivity contribution in [1.82, 2.24) is 10.3 Å². The molecule has 0 fully saturated rings. The van der Waals surface area contributed by atoms with E-state index in [1.54, 1.807) is 24.3 Å². The summed E-state index contributed by atoms with van der Waals surface area (Å²) in [5.74, 6) is -0.185. The fourth-order valence-electron chi connectivity index (χ4n) is 3.47. The van der Waals surface area contributed by atoms with Gasteiger partial charge < -0.3 is 15.0 Å². The number of carbonyl (C=O) groups is 2. The first-order chi connectivity index (χ1) is 12.1. The number of fused-ring (bicyclic) bond motifs is 3. The molecule has 4 rings (SSSR count). The SMILES string of the molecule is CC(=O)Oc1cccc(C(=O)NC2Cc3[nH]c4ccccc4c3C2)c1. The normalized spacial score (nSPS) is 15.8. The number of H-pyrrole nitrogens is 1. The van der Waals surface area contributed by atoms with Crippen molar-refractivity contribution < 1.29 is 14.3 Å². The first-order valence-electron chi connectivity index (χ1n) is 8.28. The van der Waals surface area contributed by atoms with Crippen LogP contribution in [0.4, 0.5) is 0 Å². The molecule has 0 saturated heterocycles. The van der Waals surface area contributed by atoms with Gasteiger partial charge in [0.2, 0.25) is 0 Å². The van der Waals surface area contributed by atoms with Gasteiger partial charge in [0.25, 0.3) is 5.91 Å². The highest BCUT2D eigenvalue weighted by Crippen LogP contribution is 2.30. The van der Waals surface area contributed by atoms with Crippen LogP contribution in [0.25, 0.3) is 10.9 Å². The van der Waals surface area contributed by atoms with Crippen molar-refractivity contribution in [2.24, 2.45) is 0 Å². The summed E-state index contributed by atoms with van der Waals surface area (Å²) in [5, 5.41) is 4.30. The van der Waals surface area contributed by atoms with Gasteiger partial charge in [-0.15, -0.1) is 0 Å². The van der Waals surface area contributed by atoms with E-state index in [9.17, 15) is 9.59 Å². The van der Waals surface area contributed by atoms with Crippen LogP contribution in [-0.2, 0) is 17.6 Å². The highest BCUT2D eigenvalue weighted by Gasteiger charge is 2.26. The molecule has 5 heteroatoms. The van der Waals surface area contributed by atoms with Crippen molar-refractivity contribution in [2.45, 2.75) is 25.8 Å². The highest BCUT2D eigenvalue weighted by atomic mass is 16.5. The quantitative estimate of drug-likeness (QED) is 0.571. The molecule has 5 nitrogen and oxygen atoms in total. The molecule has 2 N–H and O–H groups in total. The number of rotatable bonds is 3. The van der Waals surface area contributed by atoms with Crippen LogP contribution >= 0.6 is 0 Å². The van der Waals surface area contributed by atoms with Gasteiger partial charge in [-0.2, -0.15) is 0 Å². The van der Waals surface area contributed by atoms with Crippen LogP contribution in [-0.4, -0.2) is 22.9 Å². The minimum atomic E-state index is -0.404. The summed E-state index contributed by atoms with van der Waals surface area (Å²) in [6.07, 6.45) is 1.61. The maximum atomic E-state index is 12.5. The number of aromatic amines is 1. The number of para-hydroxylation sites is 1. The Morgan fingerprint density at radius 3 is 2.80 bits per heavy atom. The van der Waals surface area contributed by atoms with Crippen LogP contribution in [0, 0.1) is 0 Å². The Morgan fingerprint density at radius 1 is 1.12 bits per heavy atom. The number of ether oxygens (including phenoxy) is 1. The van der Waals surface area contributed by atoms with Crippen LogP contribution in [0.1, 0.15) is 28.5 Å². The van der Waals surface area contributed by atoms with E-state index in [-0.39, 0.29) is 11.9 Å². The van der Waals surface area contributed by atoms with Crippen LogP contribution in [0.5, 0.6) is 5.75 Å². The topological polar surface area (TPSA) is 71.2 Å². The standard InChI is InChI=1S/C20H18N2O3/c1-12(23)25-15-6-4-5-13(9-15)20(24)21-14-10-17-16-7-2-3-8-18(16)22-19(17)11-14/h2-9,14,22H,10-11H2,1H3,(H,21,24). The Kier molecular flexibility index (Phi) is 3.76.